The molecule has 4 rings (SSSR count). The highest BCUT2D eigenvalue weighted by molar-refractivity contribution is 7.09. The third-order valence-corrected chi connectivity index (χ3v) is 6.31. The van der Waals surface area contributed by atoms with Crippen molar-refractivity contribution in [3.63, 3.8) is 0 Å². The molecule has 1 heterocycles. The highest BCUT2D eigenvalue weighted by Crippen LogP contribution is 2.45. The maximum atomic E-state index is 14.1. The highest BCUT2D eigenvalue weighted by Gasteiger charge is 2.33. The second-order valence-electron chi connectivity index (χ2n) is 7.85. The van der Waals surface area contributed by atoms with Crippen LogP contribution in [0.5, 0.6) is 17.2 Å². The van der Waals surface area contributed by atoms with Crippen LogP contribution in [0.1, 0.15) is 35.0 Å². The summed E-state index contributed by atoms with van der Waals surface area (Å²) in [5.74, 6) is -2.62. The number of alkyl halides is 3. The van der Waals surface area contributed by atoms with Crippen LogP contribution in [-0.4, -0.2) is 29.5 Å². The Hall–Kier alpha value is -3.86. The molecule has 1 aromatic heterocycles. The van der Waals surface area contributed by atoms with E-state index in [1.165, 1.54) is 36.6 Å². The molecule has 2 N–H and O–H groups in total. The van der Waals surface area contributed by atoms with Gasteiger partial charge in [0.15, 0.2) is 11.5 Å². The van der Waals surface area contributed by atoms with Crippen LogP contribution in [0, 0.1) is 5.82 Å². The van der Waals surface area contributed by atoms with E-state index in [0.29, 0.717) is 27.8 Å². The smallest absolute Gasteiger partial charge is 0.502 e. The zero-order valence-electron chi connectivity index (χ0n) is 19.1. The Kier molecular flexibility index (Phi) is 7.02. The van der Waals surface area contributed by atoms with Crippen LogP contribution in [0.3, 0.4) is 0 Å². The molecule has 36 heavy (non-hydrogen) atoms. The Bertz CT molecular complexity index is 1370. The fraction of sp³-hybridized carbons (Fsp3) is 0.200. The summed E-state index contributed by atoms with van der Waals surface area (Å²) in [7, 11) is 1.20. The van der Waals surface area contributed by atoms with Gasteiger partial charge in [-0.3, -0.25) is 4.79 Å². The SMILES string of the molecule is COc1cc(/C=C2/C(C)=C(CC(=O)NCc3nccs3)c3cc(F)ccc32)cc(OC(F)(F)F)c1O. The van der Waals surface area contributed by atoms with Crippen LogP contribution < -0.4 is 14.8 Å². The Balaban J connectivity index is 1.71. The maximum absolute atomic E-state index is 14.1. The number of allylic oxidation sites excluding steroid dienone is 2. The van der Waals surface area contributed by atoms with E-state index >= 15 is 0 Å². The molecule has 0 saturated heterocycles. The van der Waals surface area contributed by atoms with Crippen molar-refractivity contribution < 1.29 is 36.9 Å². The third kappa shape index (κ3) is 5.51. The maximum Gasteiger partial charge on any atom is 0.573 e. The number of phenols is 1. The van der Waals surface area contributed by atoms with Crippen molar-refractivity contribution in [3.8, 4) is 17.2 Å². The van der Waals surface area contributed by atoms with Gasteiger partial charge in [0.05, 0.1) is 20.1 Å². The van der Waals surface area contributed by atoms with E-state index in [0.717, 1.165) is 11.1 Å². The summed E-state index contributed by atoms with van der Waals surface area (Å²) in [6.45, 7) is 2.01. The molecule has 3 aromatic rings. The van der Waals surface area contributed by atoms with Crippen molar-refractivity contribution in [2.24, 2.45) is 0 Å². The minimum absolute atomic E-state index is 0.0354. The van der Waals surface area contributed by atoms with E-state index < -0.39 is 23.7 Å². The number of rotatable bonds is 7. The number of carbonyl (C=O) groups excluding carboxylic acids is 1. The first-order valence-electron chi connectivity index (χ1n) is 10.6. The summed E-state index contributed by atoms with van der Waals surface area (Å²) >= 11 is 1.40. The largest absolute Gasteiger partial charge is 0.573 e. The number of hydrogen-bond donors (Lipinski definition) is 2. The number of nitrogens with one attached hydrogen (secondary N) is 1. The Labute approximate surface area is 207 Å². The summed E-state index contributed by atoms with van der Waals surface area (Å²) < 4.78 is 61.6. The zero-order valence-corrected chi connectivity index (χ0v) is 19.9. The summed E-state index contributed by atoms with van der Waals surface area (Å²) in [6, 6.07) is 6.50. The van der Waals surface area contributed by atoms with Gasteiger partial charge in [-0.1, -0.05) is 6.07 Å². The fourth-order valence-electron chi connectivity index (χ4n) is 3.93. The lowest BCUT2D eigenvalue weighted by Crippen LogP contribution is -2.22. The number of hydrogen-bond acceptors (Lipinski definition) is 6. The van der Waals surface area contributed by atoms with E-state index in [-0.39, 0.29) is 30.2 Å². The second-order valence-corrected chi connectivity index (χ2v) is 8.83. The summed E-state index contributed by atoms with van der Waals surface area (Å²) in [6.07, 6.45) is -1.86. The van der Waals surface area contributed by atoms with Gasteiger partial charge in [0.1, 0.15) is 10.8 Å². The number of phenolic OH excluding ortho intramolecular Hbond substituents is 1. The number of thiazole rings is 1. The van der Waals surface area contributed by atoms with E-state index in [4.69, 9.17) is 4.74 Å². The van der Waals surface area contributed by atoms with Crippen molar-refractivity contribution in [3.05, 3.63) is 75.0 Å². The third-order valence-electron chi connectivity index (χ3n) is 5.53. The lowest BCUT2D eigenvalue weighted by atomic mass is 10.00. The van der Waals surface area contributed by atoms with E-state index in [9.17, 15) is 27.5 Å². The van der Waals surface area contributed by atoms with Crippen LogP contribution in [0.4, 0.5) is 17.6 Å². The first kappa shape index (κ1) is 25.2. The van der Waals surface area contributed by atoms with Gasteiger partial charge in [0.2, 0.25) is 11.7 Å². The van der Waals surface area contributed by atoms with Crippen LogP contribution in [-0.2, 0) is 11.3 Å². The number of amides is 1. The zero-order chi connectivity index (χ0) is 26.0. The van der Waals surface area contributed by atoms with Gasteiger partial charge in [-0.15, -0.1) is 24.5 Å². The number of aromatic hydroxyl groups is 1. The summed E-state index contributed by atoms with van der Waals surface area (Å²) in [5.41, 5.74) is 3.19. The molecule has 0 unspecified atom stereocenters. The van der Waals surface area contributed by atoms with Gasteiger partial charge >= 0.3 is 6.36 Å². The molecule has 0 saturated carbocycles. The summed E-state index contributed by atoms with van der Waals surface area (Å²) in [5, 5.41) is 15.4. The number of methoxy groups -OCH3 is 1. The molecule has 0 radical (unpaired) electrons. The van der Waals surface area contributed by atoms with Gasteiger partial charge in [-0.25, -0.2) is 9.37 Å². The van der Waals surface area contributed by atoms with Gasteiger partial charge in [0, 0.05) is 11.6 Å². The highest BCUT2D eigenvalue weighted by atomic mass is 32.1. The van der Waals surface area contributed by atoms with Crippen molar-refractivity contribution in [1.29, 1.82) is 0 Å². The molecule has 1 aliphatic rings. The van der Waals surface area contributed by atoms with Crippen LogP contribution in [0.15, 0.2) is 47.5 Å². The quantitative estimate of drug-likeness (QED) is 0.378. The van der Waals surface area contributed by atoms with E-state index in [1.54, 1.807) is 30.6 Å². The monoisotopic (exact) mass is 520 g/mol. The van der Waals surface area contributed by atoms with Crippen LogP contribution >= 0.6 is 11.3 Å². The normalized spacial score (nSPS) is 14.2. The molecule has 0 aliphatic heterocycles. The van der Waals surface area contributed by atoms with E-state index in [1.807, 2.05) is 0 Å². The Morgan fingerprint density at radius 2 is 1.94 bits per heavy atom. The number of carbonyl (C=O) groups is 1. The summed E-state index contributed by atoms with van der Waals surface area (Å²) in [4.78, 5) is 16.8. The predicted molar refractivity (Wildman–Crippen MR) is 127 cm³/mol. The first-order chi connectivity index (χ1) is 17.1. The second kappa shape index (κ2) is 10.0. The first-order valence-corrected chi connectivity index (χ1v) is 11.5. The number of nitrogens with zero attached hydrogens (tertiary/aromatic N) is 1. The van der Waals surface area contributed by atoms with Gasteiger partial charge in [-0.05, 0) is 70.7 Å². The van der Waals surface area contributed by atoms with Gasteiger partial charge < -0.3 is 19.9 Å². The number of fused-ring (bicyclic) bond motifs is 1. The minimum atomic E-state index is -5.03. The average molecular weight is 521 g/mol. The standard InChI is InChI=1S/C25H20F4N2O4S/c1-13-17(7-14-8-20(34-2)24(33)21(9-14)35-25(27,28)29)16-4-3-15(26)10-19(16)18(13)11-22(32)31-12-23-30-5-6-36-23/h3-10,33H,11-12H2,1-2H3,(H,31,32)/b17-7-. The van der Waals surface area contributed by atoms with E-state index in [2.05, 4.69) is 15.0 Å². The van der Waals surface area contributed by atoms with Crippen molar-refractivity contribution >= 4 is 34.5 Å². The van der Waals surface area contributed by atoms with Crippen molar-refractivity contribution in [2.45, 2.75) is 26.3 Å². The predicted octanol–water partition coefficient (Wildman–Crippen LogP) is 5.93. The van der Waals surface area contributed by atoms with Gasteiger partial charge in [0.25, 0.3) is 0 Å². The number of ether oxygens (including phenoxy) is 2. The lowest BCUT2D eigenvalue weighted by molar-refractivity contribution is -0.275. The molecule has 0 fully saturated rings. The number of benzene rings is 2. The molecule has 188 valence electrons. The fourth-order valence-corrected chi connectivity index (χ4v) is 4.49. The van der Waals surface area contributed by atoms with Gasteiger partial charge in [-0.2, -0.15) is 0 Å². The molecule has 0 bridgehead atoms. The lowest BCUT2D eigenvalue weighted by Gasteiger charge is -2.14. The Morgan fingerprint density at radius 1 is 1.19 bits per heavy atom. The number of aromatic nitrogens is 1. The molecule has 2 aromatic carbocycles. The molecule has 1 aliphatic carbocycles. The molecule has 11 heteroatoms. The molecule has 0 atom stereocenters. The van der Waals surface area contributed by atoms with Crippen LogP contribution in [0.2, 0.25) is 0 Å². The Morgan fingerprint density at radius 3 is 2.61 bits per heavy atom. The molecule has 6 nitrogen and oxygen atoms in total. The molecular formula is C25H20F4N2O4S. The number of halogens is 4. The molecule has 0 spiro atoms. The molecule has 1 amide bonds. The van der Waals surface area contributed by atoms with Crippen molar-refractivity contribution in [1.82, 2.24) is 10.3 Å². The topological polar surface area (TPSA) is 80.7 Å². The minimum Gasteiger partial charge on any atom is -0.502 e. The average Bonchev–Trinajstić information content (AvgIpc) is 3.41. The van der Waals surface area contributed by atoms with Crippen LogP contribution in [0.25, 0.3) is 17.2 Å². The van der Waals surface area contributed by atoms with Crippen molar-refractivity contribution in [2.75, 3.05) is 7.11 Å². The molecular weight excluding hydrogens is 500 g/mol.